The number of ether oxygens (including phenoxy) is 1. The summed E-state index contributed by atoms with van der Waals surface area (Å²) in [7, 11) is 0. The van der Waals surface area contributed by atoms with Gasteiger partial charge < -0.3 is 10.1 Å². The lowest BCUT2D eigenvalue weighted by atomic mass is 9.92. The van der Waals surface area contributed by atoms with Crippen molar-refractivity contribution >= 4 is 15.9 Å². The minimum Gasteiger partial charge on any atom is -0.378 e. The number of rotatable bonds is 7. The van der Waals surface area contributed by atoms with Crippen molar-refractivity contribution in [3.63, 3.8) is 0 Å². The summed E-state index contributed by atoms with van der Waals surface area (Å²) in [6.07, 6.45) is 8.03. The van der Waals surface area contributed by atoms with Crippen LogP contribution < -0.4 is 5.32 Å². The first kappa shape index (κ1) is 14.6. The Bertz CT molecular complexity index is 427. The van der Waals surface area contributed by atoms with Gasteiger partial charge in [-0.2, -0.15) is 0 Å². The molecular weight excluding hydrogens is 314 g/mol. The molecule has 1 aliphatic heterocycles. The predicted molar refractivity (Wildman–Crippen MR) is 86.0 cm³/mol. The predicted octanol–water partition coefficient (Wildman–Crippen LogP) is 3.93. The van der Waals surface area contributed by atoms with Crippen LogP contribution in [0.1, 0.15) is 37.7 Å². The Hall–Kier alpha value is -0.380. The van der Waals surface area contributed by atoms with Gasteiger partial charge in [0.2, 0.25) is 0 Å². The standard InChI is InChI=1S/C17H24BrNO/c18-17-6-2-1-4-14(17)10-13(12-19-15-7-8-15)11-16-5-3-9-20-16/h1-2,4,6,13,15-16,19H,3,5,7-12H2. The Morgan fingerprint density at radius 2 is 2.10 bits per heavy atom. The van der Waals surface area contributed by atoms with Gasteiger partial charge in [0.1, 0.15) is 0 Å². The zero-order valence-corrected chi connectivity index (χ0v) is 13.6. The second-order valence-electron chi connectivity index (χ2n) is 6.21. The molecule has 0 bridgehead atoms. The van der Waals surface area contributed by atoms with Gasteiger partial charge in [-0.25, -0.2) is 0 Å². The molecule has 1 aromatic rings. The normalized spacial score (nSPS) is 23.9. The molecule has 2 aliphatic rings. The van der Waals surface area contributed by atoms with E-state index in [1.165, 1.54) is 42.1 Å². The highest BCUT2D eigenvalue weighted by Gasteiger charge is 2.25. The molecule has 2 fully saturated rings. The van der Waals surface area contributed by atoms with Crippen LogP contribution in [-0.2, 0) is 11.2 Å². The SMILES string of the molecule is Brc1ccccc1CC(CNC1CC1)CC1CCCO1. The van der Waals surface area contributed by atoms with Gasteiger partial charge >= 0.3 is 0 Å². The van der Waals surface area contributed by atoms with Crippen molar-refractivity contribution in [3.05, 3.63) is 34.3 Å². The van der Waals surface area contributed by atoms with Crippen molar-refractivity contribution in [1.82, 2.24) is 5.32 Å². The van der Waals surface area contributed by atoms with Crippen LogP contribution in [0, 0.1) is 5.92 Å². The molecule has 3 rings (SSSR count). The van der Waals surface area contributed by atoms with Crippen LogP contribution in [0.25, 0.3) is 0 Å². The third-order valence-electron chi connectivity index (χ3n) is 4.36. The Balaban J connectivity index is 1.58. The van der Waals surface area contributed by atoms with E-state index in [2.05, 4.69) is 45.5 Å². The molecule has 1 saturated heterocycles. The summed E-state index contributed by atoms with van der Waals surface area (Å²) >= 11 is 3.68. The minimum atomic E-state index is 0.489. The van der Waals surface area contributed by atoms with Gasteiger partial charge in [0.25, 0.3) is 0 Å². The van der Waals surface area contributed by atoms with Crippen molar-refractivity contribution in [1.29, 1.82) is 0 Å². The molecule has 0 amide bonds. The molecule has 1 saturated carbocycles. The van der Waals surface area contributed by atoms with E-state index in [1.807, 2.05) is 0 Å². The number of halogens is 1. The third kappa shape index (κ3) is 4.31. The summed E-state index contributed by atoms with van der Waals surface area (Å²) in [5.74, 6) is 0.678. The van der Waals surface area contributed by atoms with Crippen LogP contribution in [0.15, 0.2) is 28.7 Å². The Morgan fingerprint density at radius 3 is 2.80 bits per heavy atom. The second kappa shape index (κ2) is 7.06. The Morgan fingerprint density at radius 1 is 1.25 bits per heavy atom. The highest BCUT2D eigenvalue weighted by Crippen LogP contribution is 2.26. The molecule has 0 spiro atoms. The molecule has 1 N–H and O–H groups in total. The summed E-state index contributed by atoms with van der Waals surface area (Å²) in [5, 5.41) is 3.70. The highest BCUT2D eigenvalue weighted by molar-refractivity contribution is 9.10. The monoisotopic (exact) mass is 337 g/mol. The van der Waals surface area contributed by atoms with Crippen LogP contribution in [0.3, 0.4) is 0 Å². The lowest BCUT2D eigenvalue weighted by Crippen LogP contribution is -2.28. The van der Waals surface area contributed by atoms with E-state index in [-0.39, 0.29) is 0 Å². The molecule has 0 radical (unpaired) electrons. The highest BCUT2D eigenvalue weighted by atomic mass is 79.9. The quantitative estimate of drug-likeness (QED) is 0.813. The summed E-state index contributed by atoms with van der Waals surface area (Å²) in [4.78, 5) is 0. The van der Waals surface area contributed by atoms with E-state index >= 15 is 0 Å². The van der Waals surface area contributed by atoms with Crippen LogP contribution in [0.5, 0.6) is 0 Å². The van der Waals surface area contributed by atoms with Crippen LogP contribution in [0.2, 0.25) is 0 Å². The van der Waals surface area contributed by atoms with E-state index < -0.39 is 0 Å². The summed E-state index contributed by atoms with van der Waals surface area (Å²) in [6, 6.07) is 9.40. The summed E-state index contributed by atoms with van der Waals surface area (Å²) in [6.45, 7) is 2.09. The van der Waals surface area contributed by atoms with E-state index in [0.717, 1.165) is 25.6 Å². The zero-order valence-electron chi connectivity index (χ0n) is 12.0. The van der Waals surface area contributed by atoms with Gasteiger partial charge in [0.05, 0.1) is 6.10 Å². The van der Waals surface area contributed by atoms with Crippen molar-refractivity contribution < 1.29 is 4.74 Å². The maximum absolute atomic E-state index is 5.83. The fraction of sp³-hybridized carbons (Fsp3) is 0.647. The molecule has 2 unspecified atom stereocenters. The molecule has 2 atom stereocenters. The maximum Gasteiger partial charge on any atom is 0.0579 e. The van der Waals surface area contributed by atoms with Crippen molar-refractivity contribution in [2.45, 2.75) is 50.7 Å². The smallest absolute Gasteiger partial charge is 0.0579 e. The Kier molecular flexibility index (Phi) is 5.14. The van der Waals surface area contributed by atoms with Gasteiger partial charge in [0.15, 0.2) is 0 Å². The van der Waals surface area contributed by atoms with Gasteiger partial charge in [-0.1, -0.05) is 34.1 Å². The van der Waals surface area contributed by atoms with E-state index in [1.54, 1.807) is 0 Å². The van der Waals surface area contributed by atoms with Crippen molar-refractivity contribution in [2.24, 2.45) is 5.92 Å². The molecule has 3 heteroatoms. The summed E-state index contributed by atoms with van der Waals surface area (Å²) in [5.41, 5.74) is 1.42. The molecule has 1 heterocycles. The van der Waals surface area contributed by atoms with Crippen molar-refractivity contribution in [2.75, 3.05) is 13.2 Å². The number of hydrogen-bond donors (Lipinski definition) is 1. The maximum atomic E-state index is 5.83. The molecule has 1 aliphatic carbocycles. The third-order valence-corrected chi connectivity index (χ3v) is 5.13. The molecule has 1 aromatic carbocycles. The topological polar surface area (TPSA) is 21.3 Å². The average Bonchev–Trinajstić information content (AvgIpc) is 3.15. The van der Waals surface area contributed by atoms with Gasteiger partial charge in [-0.3, -0.25) is 0 Å². The Labute approximate surface area is 130 Å². The van der Waals surface area contributed by atoms with Crippen LogP contribution in [0.4, 0.5) is 0 Å². The molecule has 0 aromatic heterocycles. The van der Waals surface area contributed by atoms with Gasteiger partial charge in [-0.15, -0.1) is 0 Å². The fourth-order valence-corrected chi connectivity index (χ4v) is 3.48. The molecule has 20 heavy (non-hydrogen) atoms. The van der Waals surface area contributed by atoms with E-state index in [9.17, 15) is 0 Å². The first-order valence-electron chi connectivity index (χ1n) is 7.89. The largest absolute Gasteiger partial charge is 0.378 e. The average molecular weight is 338 g/mol. The lowest BCUT2D eigenvalue weighted by molar-refractivity contribution is 0.0891. The van der Waals surface area contributed by atoms with E-state index in [0.29, 0.717) is 12.0 Å². The molecule has 2 nitrogen and oxygen atoms in total. The zero-order chi connectivity index (χ0) is 13.8. The van der Waals surface area contributed by atoms with E-state index in [4.69, 9.17) is 4.74 Å². The van der Waals surface area contributed by atoms with Gasteiger partial charge in [-0.05, 0) is 62.6 Å². The number of benzene rings is 1. The second-order valence-corrected chi connectivity index (χ2v) is 7.07. The molecular formula is C17H24BrNO. The molecule has 110 valence electrons. The minimum absolute atomic E-state index is 0.489. The van der Waals surface area contributed by atoms with Crippen LogP contribution in [-0.4, -0.2) is 25.3 Å². The summed E-state index contributed by atoms with van der Waals surface area (Å²) < 4.78 is 7.07. The fourth-order valence-electron chi connectivity index (χ4n) is 3.04. The van der Waals surface area contributed by atoms with Crippen LogP contribution >= 0.6 is 15.9 Å². The first-order valence-corrected chi connectivity index (χ1v) is 8.69. The number of hydrogen-bond acceptors (Lipinski definition) is 2. The number of nitrogens with one attached hydrogen (secondary N) is 1. The lowest BCUT2D eigenvalue weighted by Gasteiger charge is -2.21. The first-order chi connectivity index (χ1) is 9.81. The van der Waals surface area contributed by atoms with Gasteiger partial charge in [0, 0.05) is 17.1 Å². The van der Waals surface area contributed by atoms with Crippen molar-refractivity contribution in [3.8, 4) is 0 Å².